The zero-order chi connectivity index (χ0) is 15.2. The molecule has 0 saturated carbocycles. The van der Waals surface area contributed by atoms with Gasteiger partial charge in [0.05, 0.1) is 11.1 Å². The summed E-state index contributed by atoms with van der Waals surface area (Å²) in [5.74, 6) is -0.707. The summed E-state index contributed by atoms with van der Waals surface area (Å²) >= 11 is 2.98. The second kappa shape index (κ2) is 7.64. The Morgan fingerprint density at radius 2 is 2.00 bits per heavy atom. The normalized spacial score (nSPS) is 11.4. The molecule has 0 heterocycles. The summed E-state index contributed by atoms with van der Waals surface area (Å²) in [6.45, 7) is 3.82. The minimum absolute atomic E-state index is 0.286. The fourth-order valence-corrected chi connectivity index (χ4v) is 2.00. The van der Waals surface area contributed by atoms with Crippen molar-refractivity contribution in [2.45, 2.75) is 19.5 Å². The van der Waals surface area contributed by atoms with E-state index < -0.39 is 17.6 Å². The molecule has 1 rings (SSSR count). The summed E-state index contributed by atoms with van der Waals surface area (Å²) in [6.07, 6.45) is -3.89. The molecular formula is C13H16BrF3N2O. The number of hydrogen-bond acceptors (Lipinski definition) is 2. The van der Waals surface area contributed by atoms with Gasteiger partial charge >= 0.3 is 6.18 Å². The van der Waals surface area contributed by atoms with Gasteiger partial charge in [-0.1, -0.05) is 22.9 Å². The Morgan fingerprint density at radius 1 is 1.30 bits per heavy atom. The van der Waals surface area contributed by atoms with Crippen LogP contribution in [0.15, 0.2) is 22.7 Å². The molecule has 0 unspecified atom stereocenters. The van der Waals surface area contributed by atoms with E-state index in [2.05, 4.69) is 26.6 Å². The van der Waals surface area contributed by atoms with Crippen molar-refractivity contribution in [3.05, 3.63) is 33.8 Å². The molecule has 0 aliphatic heterocycles. The summed E-state index contributed by atoms with van der Waals surface area (Å²) in [5, 5.41) is 5.56. The van der Waals surface area contributed by atoms with Crippen LogP contribution in [-0.4, -0.2) is 25.5 Å². The standard InChI is InChI=1S/C13H16BrF3N2O/c1-2-18-6-3-7-19-12(20)10-5-4-9(14)8-11(10)13(15,16)17/h4-5,8,18H,2-3,6-7H2,1H3,(H,19,20). The number of halogens is 4. The molecule has 7 heteroatoms. The molecule has 1 aromatic rings. The smallest absolute Gasteiger partial charge is 0.352 e. The number of alkyl halides is 3. The molecule has 0 atom stereocenters. The van der Waals surface area contributed by atoms with Crippen LogP contribution in [0.1, 0.15) is 29.3 Å². The van der Waals surface area contributed by atoms with Gasteiger partial charge in [-0.15, -0.1) is 0 Å². The lowest BCUT2D eigenvalue weighted by atomic mass is 10.1. The quantitative estimate of drug-likeness (QED) is 0.772. The Labute approximate surface area is 124 Å². The van der Waals surface area contributed by atoms with Crippen LogP contribution in [0.4, 0.5) is 13.2 Å². The molecule has 112 valence electrons. The molecule has 0 saturated heterocycles. The van der Waals surface area contributed by atoms with E-state index in [1.54, 1.807) is 0 Å². The van der Waals surface area contributed by atoms with Crippen LogP contribution in [-0.2, 0) is 6.18 Å². The molecule has 0 aromatic heterocycles. The van der Waals surface area contributed by atoms with Gasteiger partial charge in [-0.3, -0.25) is 4.79 Å². The Hall–Kier alpha value is -1.08. The molecule has 0 bridgehead atoms. The fourth-order valence-electron chi connectivity index (χ4n) is 1.64. The fraction of sp³-hybridized carbons (Fsp3) is 0.462. The van der Waals surface area contributed by atoms with Gasteiger partial charge in [0, 0.05) is 11.0 Å². The SMILES string of the molecule is CCNCCCNC(=O)c1ccc(Br)cc1C(F)(F)F. The third-order valence-corrected chi connectivity index (χ3v) is 3.09. The van der Waals surface area contributed by atoms with Gasteiger partial charge < -0.3 is 10.6 Å². The number of carbonyl (C=O) groups is 1. The molecular weight excluding hydrogens is 337 g/mol. The maximum absolute atomic E-state index is 12.9. The summed E-state index contributed by atoms with van der Waals surface area (Å²) in [4.78, 5) is 11.8. The van der Waals surface area contributed by atoms with Crippen molar-refractivity contribution in [2.75, 3.05) is 19.6 Å². The Balaban J connectivity index is 2.73. The Bertz CT molecular complexity index is 463. The highest BCUT2D eigenvalue weighted by molar-refractivity contribution is 9.10. The topological polar surface area (TPSA) is 41.1 Å². The predicted molar refractivity (Wildman–Crippen MR) is 74.6 cm³/mol. The van der Waals surface area contributed by atoms with E-state index >= 15 is 0 Å². The predicted octanol–water partition coefficient (Wildman–Crippen LogP) is 3.20. The highest BCUT2D eigenvalue weighted by atomic mass is 79.9. The van der Waals surface area contributed by atoms with Gasteiger partial charge in [0.2, 0.25) is 0 Å². The van der Waals surface area contributed by atoms with Crippen LogP contribution < -0.4 is 10.6 Å². The van der Waals surface area contributed by atoms with Gasteiger partial charge in [-0.05, 0) is 37.7 Å². The van der Waals surface area contributed by atoms with E-state index in [-0.39, 0.29) is 10.0 Å². The molecule has 20 heavy (non-hydrogen) atoms. The number of amides is 1. The monoisotopic (exact) mass is 352 g/mol. The summed E-state index contributed by atoms with van der Waals surface area (Å²) in [6, 6.07) is 3.50. The van der Waals surface area contributed by atoms with Crippen LogP contribution >= 0.6 is 15.9 Å². The van der Waals surface area contributed by atoms with Crippen molar-refractivity contribution in [3.63, 3.8) is 0 Å². The third-order valence-electron chi connectivity index (χ3n) is 2.60. The van der Waals surface area contributed by atoms with Crippen molar-refractivity contribution in [3.8, 4) is 0 Å². The van der Waals surface area contributed by atoms with Gasteiger partial charge in [0.15, 0.2) is 0 Å². The lowest BCUT2D eigenvalue weighted by molar-refractivity contribution is -0.138. The number of carbonyl (C=O) groups excluding carboxylic acids is 1. The second-order valence-electron chi connectivity index (χ2n) is 4.15. The summed E-state index contributed by atoms with van der Waals surface area (Å²) in [5.41, 5.74) is -1.29. The maximum Gasteiger partial charge on any atom is 0.417 e. The zero-order valence-corrected chi connectivity index (χ0v) is 12.6. The second-order valence-corrected chi connectivity index (χ2v) is 5.07. The van der Waals surface area contributed by atoms with Crippen molar-refractivity contribution in [1.29, 1.82) is 0 Å². The van der Waals surface area contributed by atoms with Crippen molar-refractivity contribution >= 4 is 21.8 Å². The van der Waals surface area contributed by atoms with Crippen LogP contribution in [0.3, 0.4) is 0 Å². The molecule has 0 aliphatic carbocycles. The van der Waals surface area contributed by atoms with Gasteiger partial charge in [-0.2, -0.15) is 13.2 Å². The number of hydrogen-bond donors (Lipinski definition) is 2. The third kappa shape index (κ3) is 5.13. The Morgan fingerprint density at radius 3 is 2.60 bits per heavy atom. The van der Waals surface area contributed by atoms with Crippen LogP contribution in [0.5, 0.6) is 0 Å². The van der Waals surface area contributed by atoms with Crippen molar-refractivity contribution in [2.24, 2.45) is 0 Å². The highest BCUT2D eigenvalue weighted by Gasteiger charge is 2.35. The van der Waals surface area contributed by atoms with E-state index in [0.29, 0.717) is 19.5 Å². The lowest BCUT2D eigenvalue weighted by Gasteiger charge is -2.13. The molecule has 0 radical (unpaired) electrons. The van der Waals surface area contributed by atoms with E-state index in [1.807, 2.05) is 6.92 Å². The van der Waals surface area contributed by atoms with Gasteiger partial charge in [-0.25, -0.2) is 0 Å². The molecule has 2 N–H and O–H groups in total. The van der Waals surface area contributed by atoms with Crippen LogP contribution in [0, 0.1) is 0 Å². The molecule has 0 spiro atoms. The largest absolute Gasteiger partial charge is 0.417 e. The molecule has 0 fully saturated rings. The lowest BCUT2D eigenvalue weighted by Crippen LogP contribution is -2.29. The first-order chi connectivity index (χ1) is 9.36. The highest BCUT2D eigenvalue weighted by Crippen LogP contribution is 2.33. The van der Waals surface area contributed by atoms with E-state index in [0.717, 1.165) is 12.6 Å². The minimum atomic E-state index is -4.56. The number of benzene rings is 1. The van der Waals surface area contributed by atoms with E-state index in [1.165, 1.54) is 12.1 Å². The molecule has 3 nitrogen and oxygen atoms in total. The Kier molecular flexibility index (Phi) is 6.48. The first-order valence-corrected chi connectivity index (χ1v) is 7.01. The average Bonchev–Trinajstić information content (AvgIpc) is 2.37. The molecule has 0 aliphatic rings. The summed E-state index contributed by atoms with van der Waals surface area (Å²) in [7, 11) is 0. The van der Waals surface area contributed by atoms with Crippen molar-refractivity contribution in [1.82, 2.24) is 10.6 Å². The number of nitrogens with one attached hydrogen (secondary N) is 2. The maximum atomic E-state index is 12.9. The first-order valence-electron chi connectivity index (χ1n) is 6.22. The van der Waals surface area contributed by atoms with E-state index in [9.17, 15) is 18.0 Å². The summed E-state index contributed by atoms with van der Waals surface area (Å²) < 4.78 is 38.9. The van der Waals surface area contributed by atoms with Crippen molar-refractivity contribution < 1.29 is 18.0 Å². The minimum Gasteiger partial charge on any atom is -0.352 e. The number of rotatable bonds is 6. The zero-order valence-electron chi connectivity index (χ0n) is 11.0. The van der Waals surface area contributed by atoms with Gasteiger partial charge in [0.25, 0.3) is 5.91 Å². The molecule has 1 amide bonds. The first kappa shape index (κ1) is 17.0. The van der Waals surface area contributed by atoms with Gasteiger partial charge in [0.1, 0.15) is 0 Å². The van der Waals surface area contributed by atoms with Crippen LogP contribution in [0.25, 0.3) is 0 Å². The van der Waals surface area contributed by atoms with E-state index in [4.69, 9.17) is 0 Å². The van der Waals surface area contributed by atoms with Crippen LogP contribution in [0.2, 0.25) is 0 Å². The molecule has 1 aromatic carbocycles. The average molecular weight is 353 g/mol.